The predicted molar refractivity (Wildman–Crippen MR) is 179 cm³/mol. The average molecular weight is 822 g/mol. The second-order valence-corrected chi connectivity index (χ2v) is 13.4. The summed E-state index contributed by atoms with van der Waals surface area (Å²) in [4.78, 5) is 4.95. The fourth-order valence-corrected chi connectivity index (χ4v) is 6.69. The molecule has 0 aliphatic heterocycles. The van der Waals surface area contributed by atoms with Crippen molar-refractivity contribution >= 4 is 31.6 Å². The Morgan fingerprint density at radius 3 is 2.34 bits per heavy atom. The van der Waals surface area contributed by atoms with Crippen molar-refractivity contribution in [2.45, 2.75) is 25.7 Å². The molecule has 0 N–H and O–H groups in total. The van der Waals surface area contributed by atoms with E-state index in [1.165, 1.54) is 6.26 Å². The van der Waals surface area contributed by atoms with Crippen LogP contribution in [0.4, 0.5) is 0 Å². The van der Waals surface area contributed by atoms with E-state index in [1.807, 2.05) is 69.6 Å². The Kier molecular flexibility index (Phi) is 8.55. The molecule has 238 valence electrons. The van der Waals surface area contributed by atoms with Gasteiger partial charge in [0.2, 0.25) is 0 Å². The Bertz CT molecular complexity index is 2390. The molecular formula is C37H30N4O4PtS. The van der Waals surface area contributed by atoms with Gasteiger partial charge in [0.05, 0.1) is 18.2 Å². The first kappa shape index (κ1) is 32.2. The van der Waals surface area contributed by atoms with E-state index in [-0.39, 0.29) is 21.1 Å². The van der Waals surface area contributed by atoms with Gasteiger partial charge < -0.3 is 14.0 Å². The number of nitrogens with zero attached hydrogens (tertiary/aromatic N) is 4. The van der Waals surface area contributed by atoms with Gasteiger partial charge in [-0.15, -0.1) is 29.7 Å². The van der Waals surface area contributed by atoms with Crippen LogP contribution in [0.3, 0.4) is 0 Å². The van der Waals surface area contributed by atoms with Crippen molar-refractivity contribution in [1.29, 1.82) is 0 Å². The molecule has 7 rings (SSSR count). The second kappa shape index (κ2) is 12.5. The van der Waals surface area contributed by atoms with Crippen molar-refractivity contribution in [2.24, 2.45) is 0 Å². The molecule has 0 unspecified atom stereocenters. The van der Waals surface area contributed by atoms with Gasteiger partial charge in [-0.3, -0.25) is 4.68 Å². The van der Waals surface area contributed by atoms with E-state index in [9.17, 15) is 8.42 Å². The number of methoxy groups -OCH3 is 1. The van der Waals surface area contributed by atoms with E-state index in [2.05, 4.69) is 45.0 Å². The van der Waals surface area contributed by atoms with Crippen molar-refractivity contribution in [3.63, 3.8) is 0 Å². The Balaban J connectivity index is 0.00000386. The van der Waals surface area contributed by atoms with Crippen LogP contribution in [0.15, 0.2) is 96.3 Å². The van der Waals surface area contributed by atoms with Gasteiger partial charge in [-0.05, 0) is 84.4 Å². The molecule has 4 aromatic carbocycles. The van der Waals surface area contributed by atoms with Crippen LogP contribution < -0.4 is 9.47 Å². The molecule has 47 heavy (non-hydrogen) atoms. The topological polar surface area (TPSA) is 88.2 Å². The molecule has 10 heteroatoms. The number of hydrogen-bond donors (Lipinski definition) is 0. The molecule has 0 saturated heterocycles. The molecule has 0 fully saturated rings. The van der Waals surface area contributed by atoms with Gasteiger partial charge in [-0.2, -0.15) is 11.2 Å². The number of aryl methyl sites for hydroxylation is 3. The van der Waals surface area contributed by atoms with Crippen LogP contribution in [0.25, 0.3) is 44.4 Å². The van der Waals surface area contributed by atoms with E-state index in [0.29, 0.717) is 27.8 Å². The van der Waals surface area contributed by atoms with Gasteiger partial charge in [0.25, 0.3) is 0 Å². The average Bonchev–Trinajstić information content (AvgIpc) is 3.63. The number of sulfone groups is 1. The van der Waals surface area contributed by atoms with Crippen LogP contribution >= 0.6 is 0 Å². The maximum Gasteiger partial charge on any atom is 2.00 e. The first-order valence-corrected chi connectivity index (χ1v) is 16.5. The van der Waals surface area contributed by atoms with Crippen LogP contribution in [0, 0.1) is 32.9 Å². The maximum atomic E-state index is 12.1. The van der Waals surface area contributed by atoms with E-state index >= 15 is 0 Å². The minimum atomic E-state index is -3.32. The van der Waals surface area contributed by atoms with Crippen LogP contribution in [-0.4, -0.2) is 41.1 Å². The number of para-hydroxylation sites is 1. The molecule has 0 aliphatic rings. The fraction of sp³-hybridized carbons (Fsp3) is 0.135. The standard InChI is InChI=1S/C37H30N4O4S.Pt/c1-23-12-13-38-36(14-23)41-34-9-7-6-8-32(34)33-11-10-28(20-35(33)41)45-30-18-27(17-29(19-30)44-4)40-22-26(21-39-40)37-24(2)15-31(16-25(37)3)46(5,42)43;/h6-17,19,21-22H,1-5H3;/q-2;+2. The van der Waals surface area contributed by atoms with Crippen LogP contribution in [-0.2, 0) is 30.9 Å². The number of aromatic nitrogens is 4. The smallest absolute Gasteiger partial charge is 0.522 e. The summed E-state index contributed by atoms with van der Waals surface area (Å²) in [6, 6.07) is 30.0. The van der Waals surface area contributed by atoms with Gasteiger partial charge >= 0.3 is 21.1 Å². The van der Waals surface area contributed by atoms with Gasteiger partial charge in [-0.1, -0.05) is 29.8 Å². The van der Waals surface area contributed by atoms with Crippen LogP contribution in [0.5, 0.6) is 17.2 Å². The molecule has 0 saturated carbocycles. The molecular weight excluding hydrogens is 792 g/mol. The molecule has 0 aliphatic carbocycles. The van der Waals surface area contributed by atoms with Crippen molar-refractivity contribution in [2.75, 3.05) is 13.4 Å². The summed E-state index contributed by atoms with van der Waals surface area (Å²) in [5.41, 5.74) is 7.09. The SMILES string of the molecule is COc1cc(Oc2[c-]c3c(cc2)c2ccccc2n3-c2cc(C)ccn2)[c-]c(-n2cc(-c3c(C)cc(S(C)(=O)=O)cc3C)cn2)c1.[Pt+2]. The molecule has 8 nitrogen and oxygen atoms in total. The molecule has 0 bridgehead atoms. The van der Waals surface area contributed by atoms with Gasteiger partial charge in [-0.25, -0.2) is 13.4 Å². The molecule has 0 radical (unpaired) electrons. The van der Waals surface area contributed by atoms with Gasteiger partial charge in [0.15, 0.2) is 9.84 Å². The van der Waals surface area contributed by atoms with Crippen molar-refractivity contribution < 1.29 is 39.0 Å². The van der Waals surface area contributed by atoms with Crippen molar-refractivity contribution in [1.82, 2.24) is 19.3 Å². The number of benzene rings is 4. The predicted octanol–water partition coefficient (Wildman–Crippen LogP) is 7.76. The minimum Gasteiger partial charge on any atom is -0.522 e. The van der Waals surface area contributed by atoms with E-state index < -0.39 is 9.84 Å². The third-order valence-corrected chi connectivity index (χ3v) is 9.09. The van der Waals surface area contributed by atoms with Crippen LogP contribution in [0.2, 0.25) is 0 Å². The first-order chi connectivity index (χ1) is 22.1. The zero-order valence-electron chi connectivity index (χ0n) is 26.3. The summed E-state index contributed by atoms with van der Waals surface area (Å²) >= 11 is 0. The molecule has 7 aromatic rings. The zero-order chi connectivity index (χ0) is 32.2. The van der Waals surface area contributed by atoms with E-state index in [0.717, 1.165) is 55.4 Å². The molecule has 3 aromatic heterocycles. The van der Waals surface area contributed by atoms with Gasteiger partial charge in [0.1, 0.15) is 5.82 Å². The number of ether oxygens (including phenoxy) is 2. The quantitative estimate of drug-likeness (QED) is 0.153. The summed E-state index contributed by atoms with van der Waals surface area (Å²) in [7, 11) is -1.73. The summed E-state index contributed by atoms with van der Waals surface area (Å²) < 4.78 is 40.1. The number of rotatable bonds is 7. The van der Waals surface area contributed by atoms with Crippen molar-refractivity contribution in [3.8, 4) is 39.9 Å². The molecule has 0 spiro atoms. The number of pyridine rings is 1. The Labute approximate surface area is 287 Å². The number of hydrogen-bond acceptors (Lipinski definition) is 6. The normalized spacial score (nSPS) is 11.5. The zero-order valence-corrected chi connectivity index (χ0v) is 29.4. The third kappa shape index (κ3) is 6.09. The summed E-state index contributed by atoms with van der Waals surface area (Å²) in [6.07, 6.45) is 6.67. The van der Waals surface area contributed by atoms with Crippen LogP contribution in [0.1, 0.15) is 16.7 Å². The Morgan fingerprint density at radius 2 is 1.62 bits per heavy atom. The Hall–Kier alpha value is -4.72. The summed E-state index contributed by atoms with van der Waals surface area (Å²) in [5, 5.41) is 6.74. The largest absolute Gasteiger partial charge is 2.00 e. The van der Waals surface area contributed by atoms with Crippen molar-refractivity contribution in [3.05, 3.63) is 120 Å². The Morgan fingerprint density at radius 1 is 0.851 bits per heavy atom. The minimum absolute atomic E-state index is 0. The monoisotopic (exact) mass is 821 g/mol. The van der Waals surface area contributed by atoms with Gasteiger partial charge in [0, 0.05) is 47.0 Å². The fourth-order valence-electron chi connectivity index (χ4n) is 5.91. The molecule has 0 amide bonds. The third-order valence-electron chi connectivity index (χ3n) is 8.00. The first-order valence-electron chi connectivity index (χ1n) is 14.6. The van der Waals surface area contributed by atoms with E-state index in [1.54, 1.807) is 36.2 Å². The number of fused-ring (bicyclic) bond motifs is 3. The van der Waals surface area contributed by atoms with E-state index in [4.69, 9.17) is 9.47 Å². The molecule has 0 atom stereocenters. The summed E-state index contributed by atoms with van der Waals surface area (Å²) in [5.74, 6) is 2.33. The summed E-state index contributed by atoms with van der Waals surface area (Å²) in [6.45, 7) is 5.85. The maximum absolute atomic E-state index is 12.1. The second-order valence-electron chi connectivity index (χ2n) is 11.4. The molecule has 3 heterocycles.